The minimum absolute atomic E-state index is 0.116. The lowest BCUT2D eigenvalue weighted by atomic mass is 10.1. The highest BCUT2D eigenvalue weighted by atomic mass is 19.1. The van der Waals surface area contributed by atoms with Gasteiger partial charge in [0.15, 0.2) is 0 Å². The second-order valence-electron chi connectivity index (χ2n) is 5.19. The molecule has 1 aliphatic heterocycles. The van der Waals surface area contributed by atoms with Gasteiger partial charge < -0.3 is 0 Å². The summed E-state index contributed by atoms with van der Waals surface area (Å²) in [6, 6.07) is 7.36. The van der Waals surface area contributed by atoms with Crippen molar-refractivity contribution in [1.82, 2.24) is 15.1 Å². The van der Waals surface area contributed by atoms with Crippen molar-refractivity contribution in [2.45, 2.75) is 32.4 Å². The predicted molar refractivity (Wildman–Crippen MR) is 72.1 cm³/mol. The van der Waals surface area contributed by atoms with Crippen LogP contribution in [0.4, 0.5) is 4.39 Å². The molecule has 1 N–H and O–H groups in total. The van der Waals surface area contributed by atoms with Gasteiger partial charge in [0, 0.05) is 12.1 Å². The molecule has 1 aliphatic rings. The largest absolute Gasteiger partial charge is 0.290 e. The highest BCUT2D eigenvalue weighted by Gasteiger charge is 2.28. The number of halogens is 1. The molecule has 0 radical (unpaired) electrons. The smallest absolute Gasteiger partial charge is 0.127 e. The Morgan fingerprint density at radius 1 is 1.42 bits per heavy atom. The summed E-state index contributed by atoms with van der Waals surface area (Å²) in [6.45, 7) is 3.74. The Balaban J connectivity index is 1.81. The maximum Gasteiger partial charge on any atom is 0.127 e. The summed E-state index contributed by atoms with van der Waals surface area (Å²) in [5, 5.41) is 7.19. The van der Waals surface area contributed by atoms with E-state index in [1.54, 1.807) is 6.07 Å². The average Bonchev–Trinajstić information content (AvgIpc) is 3.01. The number of nitrogens with one attached hydrogen (secondary N) is 1. The van der Waals surface area contributed by atoms with Gasteiger partial charge in [-0.25, -0.2) is 4.39 Å². The number of benzene rings is 1. The monoisotopic (exact) mass is 259 g/mol. The van der Waals surface area contributed by atoms with Gasteiger partial charge in [-0.2, -0.15) is 5.10 Å². The van der Waals surface area contributed by atoms with Crippen LogP contribution in [0, 0.1) is 12.7 Å². The zero-order chi connectivity index (χ0) is 13.2. The van der Waals surface area contributed by atoms with E-state index < -0.39 is 0 Å². The Hall–Kier alpha value is -1.68. The molecule has 0 bridgehead atoms. The molecule has 0 saturated carbocycles. The van der Waals surface area contributed by atoms with Crippen LogP contribution in [0.2, 0.25) is 0 Å². The molecule has 3 nitrogen and oxygen atoms in total. The van der Waals surface area contributed by atoms with Crippen molar-refractivity contribution in [2.75, 3.05) is 6.54 Å². The third-order valence-electron chi connectivity index (χ3n) is 3.90. The minimum atomic E-state index is -0.116. The number of nitrogens with zero attached hydrogens (tertiary/aromatic N) is 2. The molecular formula is C15H18FN3. The molecule has 2 aromatic rings. The molecule has 19 heavy (non-hydrogen) atoms. The Morgan fingerprint density at radius 3 is 3.00 bits per heavy atom. The van der Waals surface area contributed by atoms with Gasteiger partial charge in [0.25, 0.3) is 0 Å². The van der Waals surface area contributed by atoms with Crippen LogP contribution < -0.4 is 0 Å². The fourth-order valence-electron chi connectivity index (χ4n) is 2.88. The van der Waals surface area contributed by atoms with Crippen molar-refractivity contribution >= 4 is 0 Å². The van der Waals surface area contributed by atoms with Crippen molar-refractivity contribution in [2.24, 2.45) is 0 Å². The molecule has 1 unspecified atom stereocenters. The molecule has 1 saturated heterocycles. The first-order valence-corrected chi connectivity index (χ1v) is 6.73. The van der Waals surface area contributed by atoms with E-state index in [0.29, 0.717) is 12.6 Å². The highest BCUT2D eigenvalue weighted by molar-refractivity contribution is 5.21. The summed E-state index contributed by atoms with van der Waals surface area (Å²) < 4.78 is 13.7. The number of hydrogen-bond acceptors (Lipinski definition) is 2. The zero-order valence-corrected chi connectivity index (χ0v) is 11.1. The maximum atomic E-state index is 13.7. The molecule has 1 fully saturated rings. The van der Waals surface area contributed by atoms with Crippen LogP contribution in [-0.4, -0.2) is 21.6 Å². The molecule has 1 atom stereocenters. The number of aryl methyl sites for hydroxylation is 1. The highest BCUT2D eigenvalue weighted by Crippen LogP contribution is 2.33. The Morgan fingerprint density at radius 2 is 2.26 bits per heavy atom. The van der Waals surface area contributed by atoms with E-state index >= 15 is 0 Å². The number of aromatic amines is 1. The van der Waals surface area contributed by atoms with Gasteiger partial charge in [-0.15, -0.1) is 0 Å². The van der Waals surface area contributed by atoms with Gasteiger partial charge in [0.2, 0.25) is 0 Å². The van der Waals surface area contributed by atoms with E-state index in [2.05, 4.69) is 22.0 Å². The Kier molecular flexibility index (Phi) is 3.34. The molecular weight excluding hydrogens is 241 g/mol. The second kappa shape index (κ2) is 5.13. The van der Waals surface area contributed by atoms with Gasteiger partial charge in [-0.3, -0.25) is 10.00 Å². The average molecular weight is 259 g/mol. The SMILES string of the molecule is Cc1cn[nH]c1C1CCCN1Cc1ccccc1F. The van der Waals surface area contributed by atoms with Gasteiger partial charge in [0.1, 0.15) is 5.82 Å². The van der Waals surface area contributed by atoms with Crippen LogP contribution in [0.3, 0.4) is 0 Å². The first-order chi connectivity index (χ1) is 9.25. The lowest BCUT2D eigenvalue weighted by molar-refractivity contribution is 0.240. The zero-order valence-electron chi connectivity index (χ0n) is 11.1. The first kappa shape index (κ1) is 12.4. The normalized spacial score (nSPS) is 20.0. The van der Waals surface area contributed by atoms with E-state index in [9.17, 15) is 4.39 Å². The van der Waals surface area contributed by atoms with Crippen LogP contribution in [0.1, 0.15) is 35.7 Å². The number of rotatable bonds is 3. The summed E-state index contributed by atoms with van der Waals surface area (Å²) in [5.74, 6) is -0.116. The molecule has 2 heterocycles. The van der Waals surface area contributed by atoms with Gasteiger partial charge >= 0.3 is 0 Å². The topological polar surface area (TPSA) is 31.9 Å². The van der Waals surface area contributed by atoms with E-state index in [1.165, 1.54) is 17.3 Å². The third-order valence-corrected chi connectivity index (χ3v) is 3.90. The molecule has 100 valence electrons. The van der Waals surface area contributed by atoms with Crippen molar-refractivity contribution in [3.8, 4) is 0 Å². The standard InChI is InChI=1S/C15H18FN3/c1-11-9-17-18-15(11)14-7-4-8-19(14)10-12-5-2-3-6-13(12)16/h2-3,5-6,9,14H,4,7-8,10H2,1H3,(H,17,18). The van der Waals surface area contributed by atoms with Crippen molar-refractivity contribution < 1.29 is 4.39 Å². The number of H-pyrrole nitrogens is 1. The summed E-state index contributed by atoms with van der Waals surface area (Å²) >= 11 is 0. The predicted octanol–water partition coefficient (Wildman–Crippen LogP) is 3.19. The fourth-order valence-corrected chi connectivity index (χ4v) is 2.88. The molecule has 0 amide bonds. The third kappa shape index (κ3) is 2.40. The van der Waals surface area contributed by atoms with E-state index in [0.717, 1.165) is 24.9 Å². The van der Waals surface area contributed by atoms with Crippen LogP contribution in [0.25, 0.3) is 0 Å². The lowest BCUT2D eigenvalue weighted by Gasteiger charge is -2.24. The quantitative estimate of drug-likeness (QED) is 0.918. The van der Waals surface area contributed by atoms with Crippen LogP contribution >= 0.6 is 0 Å². The molecule has 4 heteroatoms. The number of likely N-dealkylation sites (tertiary alicyclic amines) is 1. The molecule has 3 rings (SSSR count). The van der Waals surface area contributed by atoms with Crippen LogP contribution in [0.5, 0.6) is 0 Å². The summed E-state index contributed by atoms with van der Waals surface area (Å²) in [4.78, 5) is 2.33. The van der Waals surface area contributed by atoms with E-state index in [-0.39, 0.29) is 5.82 Å². The van der Waals surface area contributed by atoms with Crippen molar-refractivity contribution in [1.29, 1.82) is 0 Å². The summed E-state index contributed by atoms with van der Waals surface area (Å²) in [6.07, 6.45) is 4.12. The lowest BCUT2D eigenvalue weighted by Crippen LogP contribution is -2.24. The maximum absolute atomic E-state index is 13.7. The summed E-state index contributed by atoms with van der Waals surface area (Å²) in [7, 11) is 0. The second-order valence-corrected chi connectivity index (χ2v) is 5.19. The van der Waals surface area contributed by atoms with Gasteiger partial charge in [0.05, 0.1) is 17.9 Å². The van der Waals surface area contributed by atoms with E-state index in [1.807, 2.05) is 18.3 Å². The molecule has 1 aromatic heterocycles. The molecule has 0 spiro atoms. The number of aromatic nitrogens is 2. The molecule has 0 aliphatic carbocycles. The fraction of sp³-hybridized carbons (Fsp3) is 0.400. The summed E-state index contributed by atoms with van der Waals surface area (Å²) in [5.41, 5.74) is 3.13. The first-order valence-electron chi connectivity index (χ1n) is 6.73. The van der Waals surface area contributed by atoms with Gasteiger partial charge in [-0.05, 0) is 37.9 Å². The molecule has 1 aromatic carbocycles. The van der Waals surface area contributed by atoms with Crippen LogP contribution in [-0.2, 0) is 6.54 Å². The van der Waals surface area contributed by atoms with Crippen molar-refractivity contribution in [3.05, 3.63) is 53.1 Å². The van der Waals surface area contributed by atoms with Crippen LogP contribution in [0.15, 0.2) is 30.5 Å². The van der Waals surface area contributed by atoms with Crippen molar-refractivity contribution in [3.63, 3.8) is 0 Å². The minimum Gasteiger partial charge on any atom is -0.290 e. The number of hydrogen-bond donors (Lipinski definition) is 1. The van der Waals surface area contributed by atoms with E-state index in [4.69, 9.17) is 0 Å². The Bertz CT molecular complexity index is 564. The van der Waals surface area contributed by atoms with Gasteiger partial charge in [-0.1, -0.05) is 18.2 Å². The Labute approximate surface area is 112 Å².